The summed E-state index contributed by atoms with van der Waals surface area (Å²) in [5, 5.41) is 4.39. The average molecular weight is 348 g/mol. The van der Waals surface area contributed by atoms with Crippen LogP contribution in [0.25, 0.3) is 0 Å². The van der Waals surface area contributed by atoms with Gasteiger partial charge in [0.25, 0.3) is 11.8 Å². The first-order chi connectivity index (χ1) is 10.0. The molecule has 21 heavy (non-hydrogen) atoms. The van der Waals surface area contributed by atoms with Crippen molar-refractivity contribution in [3.8, 4) is 0 Å². The molecule has 0 radical (unpaired) electrons. The number of amides is 2. The van der Waals surface area contributed by atoms with Gasteiger partial charge in [-0.15, -0.1) is 0 Å². The highest BCUT2D eigenvalue weighted by atomic mass is 79.9. The Kier molecular flexibility index (Phi) is 3.41. The zero-order valence-electron chi connectivity index (χ0n) is 11.8. The number of imide groups is 1. The summed E-state index contributed by atoms with van der Waals surface area (Å²) in [7, 11) is 1.82. The third-order valence-corrected chi connectivity index (χ3v) is 4.60. The molecule has 2 aromatic rings. The van der Waals surface area contributed by atoms with E-state index in [4.69, 9.17) is 0 Å². The van der Waals surface area contributed by atoms with Crippen LogP contribution in [0.3, 0.4) is 0 Å². The van der Waals surface area contributed by atoms with E-state index in [2.05, 4.69) is 21.0 Å². The maximum absolute atomic E-state index is 12.4. The molecule has 3 rings (SSSR count). The molecule has 0 saturated carbocycles. The second-order valence-corrected chi connectivity index (χ2v) is 5.72. The number of halogens is 1. The molecule has 0 fully saturated rings. The summed E-state index contributed by atoms with van der Waals surface area (Å²) in [5.74, 6) is -0.497. The highest BCUT2D eigenvalue weighted by Gasteiger charge is 2.36. The maximum Gasteiger partial charge on any atom is 0.261 e. The third-order valence-electron chi connectivity index (χ3n) is 3.69. The fourth-order valence-corrected chi connectivity index (χ4v) is 3.27. The Morgan fingerprint density at radius 3 is 2.19 bits per heavy atom. The molecule has 0 atom stereocenters. The van der Waals surface area contributed by atoms with Gasteiger partial charge in [-0.2, -0.15) is 5.10 Å². The van der Waals surface area contributed by atoms with Gasteiger partial charge in [-0.1, -0.05) is 19.1 Å². The number of aromatic nitrogens is 2. The molecule has 0 aliphatic carbocycles. The first-order valence-electron chi connectivity index (χ1n) is 6.70. The van der Waals surface area contributed by atoms with Crippen molar-refractivity contribution < 1.29 is 9.59 Å². The molecular formula is C15H14BrN3O2. The van der Waals surface area contributed by atoms with E-state index >= 15 is 0 Å². The van der Waals surface area contributed by atoms with E-state index in [0.29, 0.717) is 11.1 Å². The topological polar surface area (TPSA) is 55.2 Å². The van der Waals surface area contributed by atoms with E-state index in [9.17, 15) is 9.59 Å². The van der Waals surface area contributed by atoms with Crippen molar-refractivity contribution in [3.05, 3.63) is 51.3 Å². The number of hydrogen-bond acceptors (Lipinski definition) is 3. The Morgan fingerprint density at radius 2 is 1.71 bits per heavy atom. The molecule has 2 heterocycles. The molecule has 0 N–H and O–H groups in total. The lowest BCUT2D eigenvalue weighted by molar-refractivity contribution is 0.0638. The van der Waals surface area contributed by atoms with Gasteiger partial charge in [-0.05, 0) is 34.5 Å². The second kappa shape index (κ2) is 5.11. The predicted molar refractivity (Wildman–Crippen MR) is 80.9 cm³/mol. The minimum atomic E-state index is -0.248. The van der Waals surface area contributed by atoms with Gasteiger partial charge in [0.15, 0.2) is 0 Å². The van der Waals surface area contributed by atoms with Gasteiger partial charge >= 0.3 is 0 Å². The summed E-state index contributed by atoms with van der Waals surface area (Å²) in [4.78, 5) is 26.0. The minimum absolute atomic E-state index is 0.219. The normalized spacial score (nSPS) is 14.0. The van der Waals surface area contributed by atoms with Crippen LogP contribution in [0.15, 0.2) is 28.7 Å². The van der Waals surface area contributed by atoms with Crippen LogP contribution in [-0.4, -0.2) is 26.5 Å². The number of carbonyl (C=O) groups excluding carboxylic acids is 2. The van der Waals surface area contributed by atoms with E-state index in [1.165, 1.54) is 4.90 Å². The molecule has 1 aromatic heterocycles. The van der Waals surface area contributed by atoms with Crippen molar-refractivity contribution in [2.24, 2.45) is 7.05 Å². The number of rotatable bonds is 3. The van der Waals surface area contributed by atoms with Crippen molar-refractivity contribution in [3.63, 3.8) is 0 Å². The van der Waals surface area contributed by atoms with Crippen molar-refractivity contribution in [1.82, 2.24) is 14.7 Å². The lowest BCUT2D eigenvalue weighted by Gasteiger charge is -2.14. The fourth-order valence-electron chi connectivity index (χ4n) is 2.52. The molecule has 1 aliphatic rings. The average Bonchev–Trinajstić information content (AvgIpc) is 2.90. The van der Waals surface area contributed by atoms with Crippen molar-refractivity contribution >= 4 is 27.7 Å². The predicted octanol–water partition coefficient (Wildman–Crippen LogP) is 2.54. The van der Waals surface area contributed by atoms with Crippen LogP contribution in [0.1, 0.15) is 39.0 Å². The van der Waals surface area contributed by atoms with E-state index in [-0.39, 0.29) is 18.4 Å². The molecule has 0 bridgehead atoms. The zero-order valence-corrected chi connectivity index (χ0v) is 13.3. The van der Waals surface area contributed by atoms with Crippen LogP contribution < -0.4 is 0 Å². The third kappa shape index (κ3) is 2.10. The highest BCUT2D eigenvalue weighted by molar-refractivity contribution is 9.10. The van der Waals surface area contributed by atoms with Gasteiger partial charge in [0.2, 0.25) is 0 Å². The van der Waals surface area contributed by atoms with Gasteiger partial charge in [-0.3, -0.25) is 19.2 Å². The van der Waals surface area contributed by atoms with E-state index in [0.717, 1.165) is 22.3 Å². The number of benzene rings is 1. The molecule has 0 unspecified atom stereocenters. The molecule has 1 aliphatic heterocycles. The van der Waals surface area contributed by atoms with Gasteiger partial charge < -0.3 is 0 Å². The summed E-state index contributed by atoms with van der Waals surface area (Å²) in [6, 6.07) is 6.90. The van der Waals surface area contributed by atoms with Crippen molar-refractivity contribution in [2.75, 3.05) is 0 Å². The number of hydrogen-bond donors (Lipinski definition) is 0. The lowest BCUT2D eigenvalue weighted by Crippen LogP contribution is -2.30. The van der Waals surface area contributed by atoms with Crippen molar-refractivity contribution in [2.45, 2.75) is 19.9 Å². The zero-order chi connectivity index (χ0) is 15.1. The van der Waals surface area contributed by atoms with Crippen LogP contribution >= 0.6 is 15.9 Å². The van der Waals surface area contributed by atoms with Crippen LogP contribution in [0, 0.1) is 0 Å². The largest absolute Gasteiger partial charge is 0.269 e. The van der Waals surface area contributed by atoms with Crippen LogP contribution in [0.5, 0.6) is 0 Å². The Balaban J connectivity index is 1.96. The van der Waals surface area contributed by atoms with E-state index in [1.54, 1.807) is 28.9 Å². The highest BCUT2D eigenvalue weighted by Crippen LogP contribution is 2.28. The summed E-state index contributed by atoms with van der Waals surface area (Å²) < 4.78 is 2.58. The monoisotopic (exact) mass is 347 g/mol. The van der Waals surface area contributed by atoms with E-state index < -0.39 is 0 Å². The molecule has 6 heteroatoms. The van der Waals surface area contributed by atoms with Gasteiger partial charge in [0.05, 0.1) is 33.5 Å². The number of fused-ring (bicyclic) bond motifs is 1. The summed E-state index contributed by atoms with van der Waals surface area (Å²) in [6.07, 6.45) is 0.788. The SMILES string of the molecule is CCc1nn(C)c(CN2C(=O)c3ccccc3C2=O)c1Br. The maximum atomic E-state index is 12.4. The Bertz CT molecular complexity index is 716. The van der Waals surface area contributed by atoms with Gasteiger partial charge in [0, 0.05) is 7.05 Å². The van der Waals surface area contributed by atoms with Gasteiger partial charge in [-0.25, -0.2) is 0 Å². The van der Waals surface area contributed by atoms with E-state index in [1.807, 2.05) is 14.0 Å². The van der Waals surface area contributed by atoms with Gasteiger partial charge in [0.1, 0.15) is 0 Å². The first-order valence-corrected chi connectivity index (χ1v) is 7.49. The molecule has 5 nitrogen and oxygen atoms in total. The molecule has 0 spiro atoms. The number of carbonyl (C=O) groups is 2. The van der Waals surface area contributed by atoms with Crippen LogP contribution in [-0.2, 0) is 20.0 Å². The Morgan fingerprint density at radius 1 is 1.14 bits per heavy atom. The summed E-state index contributed by atoms with van der Waals surface area (Å²) in [6.45, 7) is 2.23. The summed E-state index contributed by atoms with van der Waals surface area (Å²) >= 11 is 3.51. The van der Waals surface area contributed by atoms with Crippen molar-refractivity contribution in [1.29, 1.82) is 0 Å². The fraction of sp³-hybridized carbons (Fsp3) is 0.267. The molecule has 108 valence electrons. The molecule has 1 aromatic carbocycles. The lowest BCUT2D eigenvalue weighted by atomic mass is 10.1. The summed E-state index contributed by atoms with van der Waals surface area (Å²) in [5.41, 5.74) is 2.68. The molecule has 2 amide bonds. The van der Waals surface area contributed by atoms with Crippen LogP contribution in [0.2, 0.25) is 0 Å². The van der Waals surface area contributed by atoms with Crippen LogP contribution in [0.4, 0.5) is 0 Å². The second-order valence-electron chi connectivity index (χ2n) is 4.93. The molecular weight excluding hydrogens is 334 g/mol. The Hall–Kier alpha value is -1.95. The first kappa shape index (κ1) is 14.0. The quantitative estimate of drug-likeness (QED) is 0.801. The number of nitrogens with zero attached hydrogens (tertiary/aromatic N) is 3. The smallest absolute Gasteiger partial charge is 0.261 e. The Labute approximate surface area is 130 Å². The molecule has 0 saturated heterocycles. The number of aryl methyl sites for hydroxylation is 2. The minimum Gasteiger partial charge on any atom is -0.269 e. The standard InChI is InChI=1S/C15H14BrN3O2/c1-3-11-13(16)12(18(2)17-11)8-19-14(20)9-6-4-5-7-10(9)15(19)21/h4-7H,3,8H2,1-2H3.